The van der Waals surface area contributed by atoms with Crippen molar-refractivity contribution in [1.29, 1.82) is 0 Å². The van der Waals surface area contributed by atoms with Crippen LogP contribution in [0.1, 0.15) is 37.0 Å². The number of nitrogens with zero attached hydrogens (tertiary/aromatic N) is 1. The molecule has 0 aromatic heterocycles. The van der Waals surface area contributed by atoms with Gasteiger partial charge in [-0.3, -0.25) is 9.79 Å². The second-order valence-electron chi connectivity index (χ2n) is 6.00. The number of carbonyl (C=O) groups excluding carboxylic acids is 1. The summed E-state index contributed by atoms with van der Waals surface area (Å²) in [7, 11) is 0. The van der Waals surface area contributed by atoms with E-state index in [-0.39, 0.29) is 5.91 Å². The lowest BCUT2D eigenvalue weighted by molar-refractivity contribution is 0.0497. The molecule has 3 N–H and O–H groups in total. The van der Waals surface area contributed by atoms with Crippen LogP contribution < -0.4 is 16.0 Å². The molecule has 7 nitrogen and oxygen atoms in total. The number of rotatable bonds is 14. The second-order valence-corrected chi connectivity index (χ2v) is 6.41. The van der Waals surface area contributed by atoms with Crippen molar-refractivity contribution in [2.24, 2.45) is 4.99 Å². The lowest BCUT2D eigenvalue weighted by atomic mass is 10.2. The molecule has 0 saturated heterocycles. The Morgan fingerprint density at radius 1 is 1.00 bits per heavy atom. The number of ether oxygens (including phenoxy) is 2. The van der Waals surface area contributed by atoms with E-state index in [2.05, 4.69) is 27.9 Å². The fourth-order valence-corrected chi connectivity index (χ4v) is 2.45. The molecule has 0 radical (unpaired) electrons. The highest BCUT2D eigenvalue weighted by molar-refractivity contribution is 6.33. The molecule has 158 valence electrons. The maximum atomic E-state index is 12.1. The highest BCUT2D eigenvalue weighted by Crippen LogP contribution is 2.14. The molecule has 1 aromatic carbocycles. The summed E-state index contributed by atoms with van der Waals surface area (Å²) >= 11 is 6.02. The van der Waals surface area contributed by atoms with Gasteiger partial charge in [0.2, 0.25) is 0 Å². The zero-order valence-corrected chi connectivity index (χ0v) is 17.7. The van der Waals surface area contributed by atoms with Crippen LogP contribution in [0.4, 0.5) is 0 Å². The molecule has 28 heavy (non-hydrogen) atoms. The number of benzene rings is 1. The summed E-state index contributed by atoms with van der Waals surface area (Å²) in [6.07, 6.45) is 2.22. The van der Waals surface area contributed by atoms with Crippen molar-refractivity contribution in [3.8, 4) is 0 Å². The zero-order valence-electron chi connectivity index (χ0n) is 16.9. The molecular weight excluding hydrogens is 380 g/mol. The normalized spacial score (nSPS) is 11.3. The van der Waals surface area contributed by atoms with Crippen molar-refractivity contribution >= 4 is 23.5 Å². The molecule has 0 aliphatic heterocycles. The largest absolute Gasteiger partial charge is 0.379 e. The Morgan fingerprint density at radius 2 is 1.71 bits per heavy atom. The van der Waals surface area contributed by atoms with E-state index in [0.717, 1.165) is 26.0 Å². The van der Waals surface area contributed by atoms with Gasteiger partial charge in [-0.2, -0.15) is 0 Å². The topological polar surface area (TPSA) is 84.0 Å². The average Bonchev–Trinajstić information content (AvgIpc) is 2.70. The third-order valence-electron chi connectivity index (χ3n) is 3.69. The molecule has 0 aliphatic carbocycles. The van der Waals surface area contributed by atoms with Crippen LogP contribution in [0.2, 0.25) is 5.02 Å². The van der Waals surface area contributed by atoms with Gasteiger partial charge in [0, 0.05) is 26.2 Å². The van der Waals surface area contributed by atoms with E-state index in [0.29, 0.717) is 56.0 Å². The summed E-state index contributed by atoms with van der Waals surface area (Å²) in [6, 6.07) is 6.98. The summed E-state index contributed by atoms with van der Waals surface area (Å²) in [5.41, 5.74) is 0.473. The maximum absolute atomic E-state index is 12.1. The molecule has 0 atom stereocenters. The van der Waals surface area contributed by atoms with Crippen molar-refractivity contribution in [1.82, 2.24) is 16.0 Å². The number of hydrogen-bond donors (Lipinski definition) is 3. The van der Waals surface area contributed by atoms with Crippen LogP contribution >= 0.6 is 11.6 Å². The molecule has 8 heteroatoms. The first kappa shape index (κ1) is 24.2. The van der Waals surface area contributed by atoms with E-state index in [1.807, 2.05) is 6.92 Å². The van der Waals surface area contributed by atoms with Gasteiger partial charge in [-0.25, -0.2) is 0 Å². The summed E-state index contributed by atoms with van der Waals surface area (Å²) in [5.74, 6) is 0.501. The zero-order chi connectivity index (χ0) is 20.5. The lowest BCUT2D eigenvalue weighted by Crippen LogP contribution is -2.41. The number of hydrogen-bond acceptors (Lipinski definition) is 4. The molecule has 0 unspecified atom stereocenters. The number of unbranched alkanes of at least 4 members (excludes halogenated alkanes) is 1. The van der Waals surface area contributed by atoms with E-state index in [1.54, 1.807) is 24.3 Å². The van der Waals surface area contributed by atoms with Gasteiger partial charge in [-0.05, 0) is 25.5 Å². The van der Waals surface area contributed by atoms with Crippen LogP contribution in [0.15, 0.2) is 29.3 Å². The van der Waals surface area contributed by atoms with Crippen molar-refractivity contribution in [2.45, 2.75) is 26.7 Å². The van der Waals surface area contributed by atoms with Gasteiger partial charge in [0.05, 0.1) is 37.0 Å². The fourth-order valence-electron chi connectivity index (χ4n) is 2.23. The molecule has 1 amide bonds. The third-order valence-corrected chi connectivity index (χ3v) is 4.02. The van der Waals surface area contributed by atoms with Gasteiger partial charge in [-0.15, -0.1) is 0 Å². The predicted octanol–water partition coefficient (Wildman–Crippen LogP) is 2.46. The predicted molar refractivity (Wildman–Crippen MR) is 114 cm³/mol. The first-order valence-corrected chi connectivity index (χ1v) is 10.3. The van der Waals surface area contributed by atoms with Gasteiger partial charge in [0.25, 0.3) is 5.91 Å². The highest BCUT2D eigenvalue weighted by Gasteiger charge is 2.08. The van der Waals surface area contributed by atoms with Gasteiger partial charge in [0.1, 0.15) is 0 Å². The number of carbonyl (C=O) groups is 1. The van der Waals surface area contributed by atoms with Gasteiger partial charge < -0.3 is 25.4 Å². The number of nitrogens with one attached hydrogen (secondary N) is 3. The molecule has 0 aliphatic rings. The Balaban J connectivity index is 2.18. The minimum absolute atomic E-state index is 0.191. The molecule has 0 bridgehead atoms. The van der Waals surface area contributed by atoms with Crippen molar-refractivity contribution in [3.63, 3.8) is 0 Å². The number of aliphatic imine (C=N–C) groups is 1. The van der Waals surface area contributed by atoms with Crippen LogP contribution in [-0.4, -0.2) is 64.5 Å². The third kappa shape index (κ3) is 11.1. The molecule has 0 saturated carbocycles. The highest BCUT2D eigenvalue weighted by atomic mass is 35.5. The second kappa shape index (κ2) is 16.2. The quantitative estimate of drug-likeness (QED) is 0.248. The summed E-state index contributed by atoms with van der Waals surface area (Å²) in [5, 5.41) is 9.62. The fraction of sp³-hybridized carbons (Fsp3) is 0.600. The Kier molecular flexibility index (Phi) is 14.0. The summed E-state index contributed by atoms with van der Waals surface area (Å²) < 4.78 is 10.9. The van der Waals surface area contributed by atoms with Crippen LogP contribution in [0.5, 0.6) is 0 Å². The van der Waals surface area contributed by atoms with Crippen molar-refractivity contribution in [2.75, 3.05) is 52.6 Å². The standard InChI is InChI=1S/C20H33ClN4O3/c1-3-5-13-27-15-16-28-14-12-25-20(22-4-2)24-11-10-23-19(26)17-8-6-7-9-18(17)21/h6-9H,3-5,10-16H2,1-2H3,(H,23,26)(H2,22,24,25). The van der Waals surface area contributed by atoms with E-state index in [4.69, 9.17) is 21.1 Å². The van der Waals surface area contributed by atoms with Gasteiger partial charge >= 0.3 is 0 Å². The van der Waals surface area contributed by atoms with E-state index < -0.39 is 0 Å². The Morgan fingerprint density at radius 3 is 2.43 bits per heavy atom. The summed E-state index contributed by atoms with van der Waals surface area (Å²) in [4.78, 5) is 16.5. The molecule has 0 heterocycles. The first-order valence-electron chi connectivity index (χ1n) is 9.89. The monoisotopic (exact) mass is 412 g/mol. The van der Waals surface area contributed by atoms with Crippen LogP contribution in [-0.2, 0) is 9.47 Å². The first-order chi connectivity index (χ1) is 13.7. The number of amides is 1. The Hall–Kier alpha value is -1.83. The van der Waals surface area contributed by atoms with Crippen LogP contribution in [0.25, 0.3) is 0 Å². The molecular formula is C20H33ClN4O3. The molecule has 0 spiro atoms. The minimum Gasteiger partial charge on any atom is -0.379 e. The van der Waals surface area contributed by atoms with Crippen molar-refractivity contribution < 1.29 is 14.3 Å². The Labute approximate surface area is 173 Å². The maximum Gasteiger partial charge on any atom is 0.252 e. The number of halogens is 1. The molecule has 1 aromatic rings. The summed E-state index contributed by atoms with van der Waals surface area (Å²) in [6.45, 7) is 8.98. The smallest absolute Gasteiger partial charge is 0.252 e. The average molecular weight is 413 g/mol. The van der Waals surface area contributed by atoms with Gasteiger partial charge in [0.15, 0.2) is 5.96 Å². The number of guanidine groups is 1. The van der Waals surface area contributed by atoms with Crippen LogP contribution in [0.3, 0.4) is 0 Å². The molecule has 0 fully saturated rings. The minimum atomic E-state index is -0.191. The Bertz CT molecular complexity index is 584. The van der Waals surface area contributed by atoms with Crippen LogP contribution in [0, 0.1) is 0 Å². The van der Waals surface area contributed by atoms with E-state index in [1.165, 1.54) is 0 Å². The molecule has 1 rings (SSSR count). The van der Waals surface area contributed by atoms with Crippen molar-refractivity contribution in [3.05, 3.63) is 34.9 Å². The van der Waals surface area contributed by atoms with E-state index >= 15 is 0 Å². The SMILES string of the molecule is CCCCOCCOCCN=C(NCC)NCCNC(=O)c1ccccc1Cl. The van der Waals surface area contributed by atoms with Gasteiger partial charge in [-0.1, -0.05) is 37.1 Å². The van der Waals surface area contributed by atoms with E-state index in [9.17, 15) is 4.79 Å². The lowest BCUT2D eigenvalue weighted by Gasteiger charge is -2.12.